The molecule has 138 heavy (non-hydrogen) atoms. The molecule has 22 heteroatoms. The van der Waals surface area contributed by atoms with Gasteiger partial charge >= 0.3 is 28.5 Å². The summed E-state index contributed by atoms with van der Waals surface area (Å²) in [6, 6.07) is 101. The van der Waals surface area contributed by atoms with Gasteiger partial charge in [-0.1, -0.05) is 223 Å². The highest BCUT2D eigenvalue weighted by atomic mass is 79.9. The summed E-state index contributed by atoms with van der Waals surface area (Å²) in [6.07, 6.45) is 4.38. The number of fused-ring (bicyclic) bond motifs is 8. The van der Waals surface area contributed by atoms with Gasteiger partial charge in [0, 0.05) is 84.5 Å². The lowest BCUT2D eigenvalue weighted by molar-refractivity contribution is 0.00578. The second-order valence-electron chi connectivity index (χ2n) is 40.4. The lowest BCUT2D eigenvalue weighted by atomic mass is 9.78. The van der Waals surface area contributed by atoms with Gasteiger partial charge in [-0.25, -0.2) is 0 Å². The number of ether oxygens (including phenoxy) is 2. The molecule has 6 heterocycles. The van der Waals surface area contributed by atoms with Crippen LogP contribution in [0.3, 0.4) is 0 Å². The number of nitrogens with zero attached hydrogens (tertiary/aromatic N) is 4. The second-order valence-corrected chi connectivity index (χ2v) is 44.0. The Hall–Kier alpha value is -10.9. The van der Waals surface area contributed by atoms with E-state index < -0.39 is 14.2 Å². The highest BCUT2D eigenvalue weighted by molar-refractivity contribution is 9.11. The molecule has 20 rings (SSSR count). The first-order chi connectivity index (χ1) is 65.8. The molecule has 2 saturated heterocycles. The number of aryl methyl sites for hydroxylation is 4. The highest BCUT2D eigenvalue weighted by Crippen LogP contribution is 2.47. The molecule has 14 nitrogen and oxygen atoms in total. The Balaban J connectivity index is 0.000000127. The number of hydrogen-bond acceptors (Lipinski definition) is 12. The van der Waals surface area contributed by atoms with Crippen LogP contribution in [0.25, 0.3) is 55.0 Å². The minimum absolute atomic E-state index is 0.0942. The molecule has 0 saturated carbocycles. The first kappa shape index (κ1) is 98.7. The maximum Gasteiger partial charge on any atom is 0.632 e. The molecule has 0 bridgehead atoms. The van der Waals surface area contributed by atoms with Crippen molar-refractivity contribution in [3.05, 3.63) is 342 Å². The molecule has 0 unspecified atom stereocenters. The lowest BCUT2D eigenvalue weighted by Crippen LogP contribution is -2.41. The van der Waals surface area contributed by atoms with Gasteiger partial charge in [0.05, 0.1) is 69.1 Å². The molecule has 0 radical (unpaired) electrons. The van der Waals surface area contributed by atoms with Gasteiger partial charge in [0.2, 0.25) is 0 Å². The summed E-state index contributed by atoms with van der Waals surface area (Å²) in [7, 11) is -1.65. The Morgan fingerprint density at radius 2 is 0.565 bits per heavy atom. The maximum absolute atomic E-state index is 6.33. The topological polar surface area (TPSA) is 109 Å². The molecule has 16 aromatic rings. The fraction of sp³-hybridized carbons (Fsp3) is 0.276. The predicted octanol–water partition coefficient (Wildman–Crippen LogP) is 30.0. The summed E-state index contributed by atoms with van der Waals surface area (Å²) in [5.41, 5.74) is 24.1. The van der Waals surface area contributed by atoms with Gasteiger partial charge in [-0.15, -0.1) is 0 Å². The molecule has 4 aliphatic heterocycles. The molecule has 0 aliphatic carbocycles. The number of para-hydroxylation sites is 4. The summed E-state index contributed by atoms with van der Waals surface area (Å²) in [6.45, 7) is 44.9. The molecular formula is C116H120B4Br4N4O10. The Kier molecular flexibility index (Phi) is 28.9. The van der Waals surface area contributed by atoms with E-state index in [1.54, 1.807) is 0 Å². The summed E-state index contributed by atoms with van der Waals surface area (Å²) >= 11 is 14.5. The van der Waals surface area contributed by atoms with Gasteiger partial charge in [-0.3, -0.25) is 0 Å². The number of anilines is 6. The molecular weight excluding hydrogens is 1970 g/mol. The average molecular weight is 2090 g/mol. The standard InChI is InChI=1S/C30H29BBrNO2.C30H37BBrNO2.C28H23BBrNO3.C28H31BBrNO3/c1-20-18-22(30(3,4)5)19-21(2)29(20)33(26-16-12-24(32)13-17-26)25-14-10-23(11-15-25)31-34-27-8-6-7-9-28(27)35-31;1-20-18-22(28(3,4)5)19-21(2)27(20)33(26-16-12-24(32)13-17-26)25-14-10-23(11-15-25)31-34-29(6,7)30(8,9)35-31;1-2-3-16-32-22-12-10-21(11-13-22)31-25-14-8-19(29-33-27-6-4-5-7-28(27)34-29)17-23(25)24-18-20(30)9-15-26(24)31;1-6-7-16-32-22-12-10-21(11-13-22)31-25-14-8-19(29-33-27(2,3)28(4,5)34-29)17-23(25)24-18-20(30)9-15-26(24)31/h6-19H,1-5H3;10-19H,1-9H3;4-15,17-18H,2-3,16H2,1H3;8-15,17-18H,6-7,16H2,1-5H3. The average Bonchev–Trinajstić information content (AvgIpc) is 1.58. The van der Waals surface area contributed by atoms with Gasteiger partial charge in [0.15, 0.2) is 0 Å². The molecule has 2 fully saturated rings. The summed E-state index contributed by atoms with van der Waals surface area (Å²) in [5, 5.41) is 4.68. The van der Waals surface area contributed by atoms with Crippen LogP contribution in [0.2, 0.25) is 0 Å². The molecule has 2 aromatic heterocycles. The molecule has 0 amide bonds. The number of halogens is 4. The van der Waals surface area contributed by atoms with Gasteiger partial charge in [0.25, 0.3) is 0 Å². The Bertz CT molecular complexity index is 6970. The van der Waals surface area contributed by atoms with Crippen LogP contribution in [-0.2, 0) is 29.4 Å². The van der Waals surface area contributed by atoms with Crippen molar-refractivity contribution in [2.24, 2.45) is 0 Å². The van der Waals surface area contributed by atoms with Crippen LogP contribution in [0.15, 0.2) is 309 Å². The lowest BCUT2D eigenvalue weighted by Gasteiger charge is -2.32. The molecule has 14 aromatic carbocycles. The summed E-state index contributed by atoms with van der Waals surface area (Å²) < 4.78 is 69.9. The molecule has 704 valence electrons. The van der Waals surface area contributed by atoms with Crippen LogP contribution in [0, 0.1) is 27.7 Å². The van der Waals surface area contributed by atoms with Crippen LogP contribution in [0.5, 0.6) is 34.5 Å². The van der Waals surface area contributed by atoms with Crippen molar-refractivity contribution >= 4 is 192 Å². The Morgan fingerprint density at radius 1 is 0.304 bits per heavy atom. The fourth-order valence-corrected chi connectivity index (χ4v) is 19.2. The predicted molar refractivity (Wildman–Crippen MR) is 589 cm³/mol. The first-order valence-electron chi connectivity index (χ1n) is 47.9. The van der Waals surface area contributed by atoms with E-state index in [9.17, 15) is 0 Å². The molecule has 0 spiro atoms. The number of aromatic nitrogens is 2. The van der Waals surface area contributed by atoms with Gasteiger partial charge in [-0.05, 0) is 351 Å². The molecule has 0 N–H and O–H groups in total. The minimum atomic E-state index is -0.452. The number of unbranched alkanes of at least 4 members (excludes halogenated alkanes) is 2. The Morgan fingerprint density at radius 3 is 0.877 bits per heavy atom. The zero-order valence-electron chi connectivity index (χ0n) is 82.6. The SMILES string of the molecule is CCCCOc1ccc(-n2c3ccc(Br)cc3c3cc(B4OC(C)(C)C(C)(C)O4)ccc32)cc1.CCCCOc1ccc(-n2c3ccc(Br)cc3c3cc(B4Oc5ccccc5O4)ccc32)cc1.Cc1cc(C(C)(C)C)cc(C)c1N(c1ccc(Br)cc1)c1ccc(B2OC(C)(C)C(C)(C)O2)cc1.Cc1cc(C(C)(C)C)cc(C)c1N(c1ccc(Br)cc1)c1ccc(B2Oc3ccccc3O2)cc1. The van der Waals surface area contributed by atoms with E-state index in [2.05, 4.69) is 452 Å². The van der Waals surface area contributed by atoms with Crippen LogP contribution in [0.4, 0.5) is 34.1 Å². The molecule has 0 atom stereocenters. The van der Waals surface area contributed by atoms with E-state index in [1.807, 2.05) is 60.7 Å². The minimum Gasteiger partial charge on any atom is -0.519 e. The zero-order chi connectivity index (χ0) is 97.7. The second kappa shape index (κ2) is 40.4. The largest absolute Gasteiger partial charge is 0.632 e. The van der Waals surface area contributed by atoms with Crippen LogP contribution in [0.1, 0.15) is 170 Å². The fourth-order valence-electron chi connectivity index (χ4n) is 18.0. The quantitative estimate of drug-likeness (QED) is 0.0535. The van der Waals surface area contributed by atoms with Crippen LogP contribution in [-0.4, -0.2) is 73.2 Å². The van der Waals surface area contributed by atoms with Gasteiger partial charge < -0.3 is 65.6 Å². The third-order valence-corrected chi connectivity index (χ3v) is 29.1. The van der Waals surface area contributed by atoms with Crippen molar-refractivity contribution in [3.8, 4) is 45.9 Å². The van der Waals surface area contributed by atoms with Crippen LogP contribution >= 0.6 is 63.7 Å². The van der Waals surface area contributed by atoms with Crippen molar-refractivity contribution in [1.82, 2.24) is 9.13 Å². The van der Waals surface area contributed by atoms with E-state index in [-0.39, 0.29) is 47.5 Å². The van der Waals surface area contributed by atoms with Crippen molar-refractivity contribution in [2.45, 2.75) is 197 Å². The van der Waals surface area contributed by atoms with Crippen molar-refractivity contribution < 1.29 is 46.7 Å². The number of rotatable bonds is 20. The Labute approximate surface area is 849 Å². The van der Waals surface area contributed by atoms with Crippen molar-refractivity contribution in [1.29, 1.82) is 0 Å². The van der Waals surface area contributed by atoms with E-state index >= 15 is 0 Å². The monoisotopic (exact) mass is 2090 g/mol. The normalized spacial score (nSPS) is 14.8. The van der Waals surface area contributed by atoms with E-state index in [0.717, 1.165) is 175 Å². The number of benzene rings is 14. The summed E-state index contributed by atoms with van der Waals surface area (Å²) in [4.78, 5) is 4.68. The summed E-state index contributed by atoms with van der Waals surface area (Å²) in [5.74, 6) is 4.92. The first-order valence-corrected chi connectivity index (χ1v) is 51.0. The van der Waals surface area contributed by atoms with Crippen LogP contribution < -0.4 is 59.7 Å². The maximum atomic E-state index is 6.33. The van der Waals surface area contributed by atoms with Gasteiger partial charge in [-0.2, -0.15) is 0 Å². The highest BCUT2D eigenvalue weighted by Gasteiger charge is 2.53. The molecule has 4 aliphatic rings. The number of hydrogen-bond donors (Lipinski definition) is 0. The van der Waals surface area contributed by atoms with Gasteiger partial charge in [0.1, 0.15) is 34.5 Å². The van der Waals surface area contributed by atoms with Crippen molar-refractivity contribution in [2.75, 3.05) is 23.0 Å². The zero-order valence-corrected chi connectivity index (χ0v) is 89.0. The van der Waals surface area contributed by atoms with E-state index in [0.29, 0.717) is 0 Å². The third kappa shape index (κ3) is 21.0. The van der Waals surface area contributed by atoms with E-state index in [4.69, 9.17) is 46.7 Å². The van der Waals surface area contributed by atoms with Crippen molar-refractivity contribution in [3.63, 3.8) is 0 Å². The van der Waals surface area contributed by atoms with E-state index in [1.165, 1.54) is 60.9 Å². The third-order valence-electron chi connectivity index (χ3n) is 27.1. The smallest absolute Gasteiger partial charge is 0.519 e.